The number of carbonyl (C=O) groups is 1. The van der Waals surface area contributed by atoms with Crippen molar-refractivity contribution in [1.82, 2.24) is 20.2 Å². The van der Waals surface area contributed by atoms with Gasteiger partial charge in [-0.3, -0.25) is 0 Å². The minimum atomic E-state index is -1.11. The van der Waals surface area contributed by atoms with Gasteiger partial charge in [0.2, 0.25) is 0 Å². The summed E-state index contributed by atoms with van der Waals surface area (Å²) in [6.07, 6.45) is 1.26. The summed E-state index contributed by atoms with van der Waals surface area (Å²) in [5.41, 5.74) is -1.11. The summed E-state index contributed by atoms with van der Waals surface area (Å²) in [4.78, 5) is 11.5. The van der Waals surface area contributed by atoms with Crippen LogP contribution in [0.4, 0.5) is 0 Å². The first-order valence-electron chi connectivity index (χ1n) is 6.14. The third-order valence-corrected chi connectivity index (χ3v) is 3.82. The Kier molecular flexibility index (Phi) is 3.34. The first kappa shape index (κ1) is 12.9. The van der Waals surface area contributed by atoms with E-state index < -0.39 is 11.5 Å². The van der Waals surface area contributed by atoms with Gasteiger partial charge < -0.3 is 9.84 Å². The highest BCUT2D eigenvalue weighted by molar-refractivity contribution is 5.76. The van der Waals surface area contributed by atoms with E-state index in [0.717, 1.165) is 6.42 Å². The van der Waals surface area contributed by atoms with Crippen LogP contribution in [0, 0.1) is 0 Å². The molecule has 3 atom stereocenters. The molecule has 7 nitrogen and oxygen atoms in total. The van der Waals surface area contributed by atoms with E-state index >= 15 is 0 Å². The van der Waals surface area contributed by atoms with Crippen LogP contribution in [0.5, 0.6) is 0 Å². The molecule has 0 bridgehead atoms. The Bertz CT molecular complexity index is 447. The predicted molar refractivity (Wildman–Crippen MR) is 62.2 cm³/mol. The van der Waals surface area contributed by atoms with Gasteiger partial charge in [-0.1, -0.05) is 6.92 Å². The Morgan fingerprint density at radius 3 is 2.89 bits per heavy atom. The molecule has 3 unspecified atom stereocenters. The lowest BCUT2D eigenvalue weighted by Gasteiger charge is -2.26. The van der Waals surface area contributed by atoms with Crippen molar-refractivity contribution < 1.29 is 14.6 Å². The van der Waals surface area contributed by atoms with E-state index in [1.807, 2.05) is 13.8 Å². The van der Waals surface area contributed by atoms with E-state index in [4.69, 9.17) is 4.74 Å². The third-order valence-electron chi connectivity index (χ3n) is 3.82. The Balaban J connectivity index is 2.41. The Labute approximate surface area is 105 Å². The average molecular weight is 254 g/mol. The van der Waals surface area contributed by atoms with Crippen molar-refractivity contribution in [2.45, 2.75) is 51.2 Å². The molecule has 1 aromatic rings. The van der Waals surface area contributed by atoms with Gasteiger partial charge in [-0.2, -0.15) is 0 Å². The van der Waals surface area contributed by atoms with Gasteiger partial charge in [-0.25, -0.2) is 9.48 Å². The number of aliphatic carboxylic acids is 1. The average Bonchev–Trinajstić information content (AvgIpc) is 2.95. The Morgan fingerprint density at radius 1 is 1.67 bits per heavy atom. The quantitative estimate of drug-likeness (QED) is 0.853. The lowest BCUT2D eigenvalue weighted by Crippen LogP contribution is -2.41. The SMILES string of the molecule is CCC(C)(C(=O)O)n1nnnc1C1CCOC1C. The predicted octanol–water partition coefficient (Wildman–Crippen LogP) is 0.775. The van der Waals surface area contributed by atoms with Crippen LogP contribution in [0.3, 0.4) is 0 Å². The van der Waals surface area contributed by atoms with Gasteiger partial charge in [0.15, 0.2) is 11.4 Å². The van der Waals surface area contributed by atoms with Crippen molar-refractivity contribution in [1.29, 1.82) is 0 Å². The van der Waals surface area contributed by atoms with Gasteiger partial charge in [0.05, 0.1) is 6.10 Å². The zero-order chi connectivity index (χ0) is 13.3. The van der Waals surface area contributed by atoms with Crippen molar-refractivity contribution in [2.24, 2.45) is 0 Å². The van der Waals surface area contributed by atoms with Gasteiger partial charge in [-0.15, -0.1) is 5.10 Å². The minimum absolute atomic E-state index is 0.0182. The number of nitrogens with zero attached hydrogens (tertiary/aromatic N) is 4. The Hall–Kier alpha value is -1.50. The van der Waals surface area contributed by atoms with Gasteiger partial charge in [-0.05, 0) is 37.1 Å². The molecular formula is C11H18N4O3. The highest BCUT2D eigenvalue weighted by atomic mass is 16.5. The van der Waals surface area contributed by atoms with Crippen molar-refractivity contribution >= 4 is 5.97 Å². The summed E-state index contributed by atoms with van der Waals surface area (Å²) >= 11 is 0. The van der Waals surface area contributed by atoms with Crippen molar-refractivity contribution in [3.63, 3.8) is 0 Å². The molecule has 2 heterocycles. The minimum Gasteiger partial charge on any atom is -0.479 e. The molecule has 100 valence electrons. The second kappa shape index (κ2) is 4.64. The number of ether oxygens (including phenoxy) is 1. The van der Waals surface area contributed by atoms with E-state index in [1.54, 1.807) is 6.92 Å². The highest BCUT2D eigenvalue weighted by Crippen LogP contribution is 2.32. The van der Waals surface area contributed by atoms with Crippen LogP contribution in [0.2, 0.25) is 0 Å². The summed E-state index contributed by atoms with van der Waals surface area (Å²) in [5.74, 6) is -0.262. The molecule has 0 aliphatic carbocycles. The maximum absolute atomic E-state index is 11.5. The van der Waals surface area contributed by atoms with Crippen LogP contribution in [0.1, 0.15) is 45.4 Å². The molecular weight excluding hydrogens is 236 g/mol. The van der Waals surface area contributed by atoms with Crippen LogP contribution in [-0.2, 0) is 15.1 Å². The standard InChI is InChI=1S/C11H18N4O3/c1-4-11(3,10(16)17)15-9(12-13-14-15)8-5-6-18-7(8)2/h7-8H,4-6H2,1-3H3,(H,16,17). The number of hydrogen-bond donors (Lipinski definition) is 1. The van der Waals surface area contributed by atoms with E-state index in [9.17, 15) is 9.90 Å². The normalized spacial score (nSPS) is 27.1. The molecule has 7 heteroatoms. The summed E-state index contributed by atoms with van der Waals surface area (Å²) in [7, 11) is 0. The van der Waals surface area contributed by atoms with Crippen molar-refractivity contribution in [3.8, 4) is 0 Å². The topological polar surface area (TPSA) is 90.1 Å². The molecule has 2 rings (SSSR count). The third kappa shape index (κ3) is 1.88. The molecule has 1 N–H and O–H groups in total. The number of aromatic nitrogens is 4. The molecule has 1 aliphatic rings. The number of tetrazole rings is 1. The highest BCUT2D eigenvalue weighted by Gasteiger charge is 2.40. The molecule has 0 aromatic carbocycles. The van der Waals surface area contributed by atoms with Crippen LogP contribution in [0.15, 0.2) is 0 Å². The molecule has 0 spiro atoms. The largest absolute Gasteiger partial charge is 0.479 e. The maximum atomic E-state index is 11.5. The van der Waals surface area contributed by atoms with E-state index in [1.165, 1.54) is 4.68 Å². The number of rotatable bonds is 4. The van der Waals surface area contributed by atoms with Gasteiger partial charge in [0.1, 0.15) is 0 Å². The van der Waals surface area contributed by atoms with Crippen LogP contribution in [-0.4, -0.2) is 44.0 Å². The van der Waals surface area contributed by atoms with E-state index in [0.29, 0.717) is 18.9 Å². The zero-order valence-corrected chi connectivity index (χ0v) is 10.8. The molecule has 0 radical (unpaired) electrons. The zero-order valence-electron chi connectivity index (χ0n) is 10.8. The van der Waals surface area contributed by atoms with Gasteiger partial charge in [0.25, 0.3) is 0 Å². The summed E-state index contributed by atoms with van der Waals surface area (Å²) in [5, 5.41) is 20.9. The molecule has 1 aromatic heterocycles. The molecule has 1 aliphatic heterocycles. The second-order valence-electron chi connectivity index (χ2n) is 4.85. The van der Waals surface area contributed by atoms with Gasteiger partial charge >= 0.3 is 5.97 Å². The monoisotopic (exact) mass is 254 g/mol. The molecule has 0 amide bonds. The van der Waals surface area contributed by atoms with Crippen LogP contribution < -0.4 is 0 Å². The number of carboxylic acids is 1. The first-order chi connectivity index (χ1) is 8.50. The van der Waals surface area contributed by atoms with Crippen molar-refractivity contribution in [3.05, 3.63) is 5.82 Å². The molecule has 1 saturated heterocycles. The molecule has 1 fully saturated rings. The molecule has 18 heavy (non-hydrogen) atoms. The number of hydrogen-bond acceptors (Lipinski definition) is 5. The molecule has 0 saturated carbocycles. The van der Waals surface area contributed by atoms with Crippen LogP contribution in [0.25, 0.3) is 0 Å². The van der Waals surface area contributed by atoms with Crippen molar-refractivity contribution in [2.75, 3.05) is 6.61 Å². The van der Waals surface area contributed by atoms with Crippen LogP contribution >= 0.6 is 0 Å². The maximum Gasteiger partial charge on any atom is 0.331 e. The Morgan fingerprint density at radius 2 is 2.39 bits per heavy atom. The lowest BCUT2D eigenvalue weighted by atomic mass is 9.96. The fraction of sp³-hybridized carbons (Fsp3) is 0.818. The smallest absolute Gasteiger partial charge is 0.331 e. The second-order valence-corrected chi connectivity index (χ2v) is 4.85. The number of carboxylic acid groups (broad SMARTS) is 1. The fourth-order valence-electron chi connectivity index (χ4n) is 2.24. The van der Waals surface area contributed by atoms with Gasteiger partial charge in [0, 0.05) is 12.5 Å². The van der Waals surface area contributed by atoms with E-state index in [2.05, 4.69) is 15.5 Å². The summed E-state index contributed by atoms with van der Waals surface area (Å²) in [6.45, 7) is 6.07. The van der Waals surface area contributed by atoms with E-state index in [-0.39, 0.29) is 12.0 Å². The lowest BCUT2D eigenvalue weighted by molar-refractivity contribution is -0.147. The summed E-state index contributed by atoms with van der Waals surface area (Å²) in [6, 6.07) is 0. The first-order valence-corrected chi connectivity index (χ1v) is 6.14. The summed E-state index contributed by atoms with van der Waals surface area (Å²) < 4.78 is 6.93. The fourth-order valence-corrected chi connectivity index (χ4v) is 2.24.